The van der Waals surface area contributed by atoms with Crippen molar-refractivity contribution in [3.8, 4) is 6.07 Å². The lowest BCUT2D eigenvalue weighted by Crippen LogP contribution is -2.28. The van der Waals surface area contributed by atoms with Gasteiger partial charge >= 0.3 is 0 Å². The van der Waals surface area contributed by atoms with Crippen molar-refractivity contribution in [2.75, 3.05) is 32.2 Å². The summed E-state index contributed by atoms with van der Waals surface area (Å²) in [4.78, 5) is 2.17. The number of hydrogen-bond acceptors (Lipinski definition) is 4. The Balaban J connectivity index is 2.78. The van der Waals surface area contributed by atoms with Gasteiger partial charge in [-0.1, -0.05) is 13.0 Å². The van der Waals surface area contributed by atoms with Crippen LogP contribution in [0.25, 0.3) is 0 Å². The smallest absolute Gasteiger partial charge is 0.101 e. The first-order valence-electron chi connectivity index (χ1n) is 7.09. The molecule has 1 rings (SSSR count). The zero-order valence-electron chi connectivity index (χ0n) is 12.9. The van der Waals surface area contributed by atoms with Crippen LogP contribution in [-0.2, 0) is 11.3 Å². The van der Waals surface area contributed by atoms with Crippen LogP contribution in [0, 0.1) is 11.3 Å². The fourth-order valence-corrected chi connectivity index (χ4v) is 2.01. The maximum absolute atomic E-state index is 9.34. The number of benzene rings is 1. The van der Waals surface area contributed by atoms with Gasteiger partial charge in [-0.25, -0.2) is 0 Å². The normalized spacial score (nSPS) is 11.9. The average molecular weight is 275 g/mol. The highest BCUT2D eigenvalue weighted by Crippen LogP contribution is 2.23. The second kappa shape index (κ2) is 8.57. The molecule has 0 aliphatic heterocycles. The minimum atomic E-state index is 0.424. The summed E-state index contributed by atoms with van der Waals surface area (Å²) in [5.41, 5.74) is 2.86. The van der Waals surface area contributed by atoms with Crippen molar-refractivity contribution in [3.63, 3.8) is 0 Å². The molecule has 4 nitrogen and oxygen atoms in total. The zero-order valence-corrected chi connectivity index (χ0v) is 12.9. The van der Waals surface area contributed by atoms with Crippen molar-refractivity contribution in [1.29, 1.82) is 5.26 Å². The zero-order chi connectivity index (χ0) is 15.0. The van der Waals surface area contributed by atoms with E-state index >= 15 is 0 Å². The highest BCUT2D eigenvalue weighted by Gasteiger charge is 2.12. The molecule has 0 bridgehead atoms. The van der Waals surface area contributed by atoms with Gasteiger partial charge in [-0.2, -0.15) is 5.26 Å². The number of rotatable bonds is 8. The molecular formula is C16H25N3O. The summed E-state index contributed by atoms with van der Waals surface area (Å²) < 4.78 is 4.99. The first-order chi connectivity index (χ1) is 9.63. The van der Waals surface area contributed by atoms with Crippen LogP contribution < -0.4 is 10.2 Å². The van der Waals surface area contributed by atoms with E-state index in [1.165, 1.54) is 0 Å². The molecule has 0 radical (unpaired) electrons. The molecule has 0 aliphatic carbocycles. The minimum Gasteiger partial charge on any atom is -0.383 e. The molecule has 1 aromatic carbocycles. The van der Waals surface area contributed by atoms with E-state index in [-0.39, 0.29) is 0 Å². The molecule has 110 valence electrons. The van der Waals surface area contributed by atoms with E-state index in [4.69, 9.17) is 4.74 Å². The van der Waals surface area contributed by atoms with Crippen LogP contribution in [0.15, 0.2) is 18.2 Å². The molecule has 20 heavy (non-hydrogen) atoms. The van der Waals surface area contributed by atoms with Crippen LogP contribution >= 0.6 is 0 Å². The topological polar surface area (TPSA) is 48.3 Å². The van der Waals surface area contributed by atoms with E-state index in [2.05, 4.69) is 36.2 Å². The molecule has 1 unspecified atom stereocenters. The maximum Gasteiger partial charge on any atom is 0.101 e. The Kier molecular flexibility index (Phi) is 7.06. The Morgan fingerprint density at radius 3 is 2.80 bits per heavy atom. The summed E-state index contributed by atoms with van der Waals surface area (Å²) in [6.07, 6.45) is 1.06. The molecule has 1 atom stereocenters. The van der Waals surface area contributed by atoms with Crippen LogP contribution in [-0.4, -0.2) is 33.4 Å². The van der Waals surface area contributed by atoms with Crippen molar-refractivity contribution in [2.24, 2.45) is 0 Å². The van der Waals surface area contributed by atoms with E-state index in [1.807, 2.05) is 19.2 Å². The van der Waals surface area contributed by atoms with Crippen molar-refractivity contribution in [2.45, 2.75) is 32.9 Å². The van der Waals surface area contributed by atoms with E-state index in [9.17, 15) is 5.26 Å². The van der Waals surface area contributed by atoms with E-state index in [1.54, 1.807) is 7.11 Å². The third-order valence-electron chi connectivity index (χ3n) is 3.63. The van der Waals surface area contributed by atoms with Gasteiger partial charge in [0.2, 0.25) is 0 Å². The lowest BCUT2D eigenvalue weighted by molar-refractivity contribution is 0.199. The molecule has 1 N–H and O–H groups in total. The lowest BCUT2D eigenvalue weighted by atomic mass is 10.1. The third-order valence-corrected chi connectivity index (χ3v) is 3.63. The first-order valence-corrected chi connectivity index (χ1v) is 7.09. The van der Waals surface area contributed by atoms with Gasteiger partial charge in [-0.15, -0.1) is 0 Å². The largest absolute Gasteiger partial charge is 0.383 e. The van der Waals surface area contributed by atoms with E-state index < -0.39 is 0 Å². The number of nitriles is 1. The second-order valence-corrected chi connectivity index (χ2v) is 5.00. The number of ether oxygens (including phenoxy) is 1. The molecular weight excluding hydrogens is 250 g/mol. The molecule has 0 aliphatic rings. The highest BCUT2D eigenvalue weighted by atomic mass is 16.5. The molecule has 0 heterocycles. The summed E-state index contributed by atoms with van der Waals surface area (Å²) in [6, 6.07) is 8.81. The minimum absolute atomic E-state index is 0.424. The van der Waals surface area contributed by atoms with Crippen molar-refractivity contribution >= 4 is 5.69 Å². The molecule has 0 saturated carbocycles. The van der Waals surface area contributed by atoms with Crippen LogP contribution in [0.3, 0.4) is 0 Å². The second-order valence-electron chi connectivity index (χ2n) is 5.00. The molecule has 4 heteroatoms. The number of hydrogen-bond donors (Lipinski definition) is 1. The monoisotopic (exact) mass is 275 g/mol. The van der Waals surface area contributed by atoms with Crippen molar-refractivity contribution in [3.05, 3.63) is 29.3 Å². The third kappa shape index (κ3) is 4.52. The Labute approximate surface area is 122 Å². The Hall–Kier alpha value is -1.57. The van der Waals surface area contributed by atoms with Gasteiger partial charge in [-0.3, -0.25) is 0 Å². The van der Waals surface area contributed by atoms with E-state index in [0.29, 0.717) is 12.6 Å². The van der Waals surface area contributed by atoms with Crippen LogP contribution in [0.5, 0.6) is 0 Å². The number of nitrogens with zero attached hydrogens (tertiary/aromatic N) is 2. The highest BCUT2D eigenvalue weighted by molar-refractivity contribution is 5.60. The molecule has 0 amide bonds. The predicted octanol–water partition coefficient (Wildman–Crippen LogP) is 2.53. The first kappa shape index (κ1) is 16.5. The van der Waals surface area contributed by atoms with E-state index in [0.717, 1.165) is 36.3 Å². The Morgan fingerprint density at radius 1 is 1.45 bits per heavy atom. The summed E-state index contributed by atoms with van der Waals surface area (Å²) in [7, 11) is 3.73. The Bertz CT molecular complexity index is 454. The average Bonchev–Trinajstić information content (AvgIpc) is 2.49. The van der Waals surface area contributed by atoms with Gasteiger partial charge in [-0.05, 0) is 31.0 Å². The molecule has 0 aromatic heterocycles. The fraction of sp³-hybridized carbons (Fsp3) is 0.562. The maximum atomic E-state index is 9.34. The quantitative estimate of drug-likeness (QED) is 0.741. The number of nitrogens with one attached hydrogen (secondary N) is 1. The standard InChI is InChI=1S/C16H25N3O/c1-5-13(2)19(3)16-7-6-14(10-15(16)11-17)12-18-8-9-20-4/h6-7,10,13,18H,5,8-9,12H2,1-4H3. The van der Waals surface area contributed by atoms with Crippen LogP contribution in [0.1, 0.15) is 31.4 Å². The summed E-state index contributed by atoms with van der Waals surface area (Å²) in [5, 5.41) is 12.6. The van der Waals surface area contributed by atoms with Crippen molar-refractivity contribution in [1.82, 2.24) is 5.32 Å². The van der Waals surface area contributed by atoms with Gasteiger partial charge in [0, 0.05) is 33.3 Å². The Morgan fingerprint density at radius 2 is 2.20 bits per heavy atom. The fourth-order valence-electron chi connectivity index (χ4n) is 2.01. The summed E-state index contributed by atoms with van der Waals surface area (Å²) >= 11 is 0. The number of anilines is 1. The van der Waals surface area contributed by atoms with Gasteiger partial charge in [0.25, 0.3) is 0 Å². The van der Waals surface area contributed by atoms with Gasteiger partial charge in [0.05, 0.1) is 17.9 Å². The molecule has 1 aromatic rings. The molecule has 0 fully saturated rings. The van der Waals surface area contributed by atoms with Gasteiger partial charge in [0.1, 0.15) is 6.07 Å². The van der Waals surface area contributed by atoms with Gasteiger partial charge < -0.3 is 15.0 Å². The molecule has 0 spiro atoms. The van der Waals surface area contributed by atoms with Crippen LogP contribution in [0.4, 0.5) is 5.69 Å². The van der Waals surface area contributed by atoms with Crippen LogP contribution in [0.2, 0.25) is 0 Å². The lowest BCUT2D eigenvalue weighted by Gasteiger charge is -2.27. The predicted molar refractivity (Wildman–Crippen MR) is 82.9 cm³/mol. The summed E-state index contributed by atoms with van der Waals surface area (Å²) in [5.74, 6) is 0. The number of methoxy groups -OCH3 is 1. The molecule has 0 saturated heterocycles. The summed E-state index contributed by atoms with van der Waals surface area (Å²) in [6.45, 7) is 6.58. The SMILES string of the molecule is CCC(C)N(C)c1ccc(CNCCOC)cc1C#N. The van der Waals surface area contributed by atoms with Gasteiger partial charge in [0.15, 0.2) is 0 Å². The van der Waals surface area contributed by atoms with Crippen molar-refractivity contribution < 1.29 is 4.74 Å².